The molecule has 0 amide bonds. The Hall–Kier alpha value is -2.55. The number of rotatable bonds is 6. The number of ether oxygens (including phenoxy) is 1. The number of nitriles is 1. The molecule has 0 aliphatic rings. The Balaban J connectivity index is 1.85. The second-order valence-corrected chi connectivity index (χ2v) is 7.63. The molecule has 0 bridgehead atoms. The monoisotopic (exact) mass is 359 g/mol. The molecule has 1 heterocycles. The maximum absolute atomic E-state index is 9.12. The molecule has 0 unspecified atom stereocenters. The van der Waals surface area contributed by atoms with Gasteiger partial charge in [0.05, 0.1) is 28.4 Å². The standard InChI is InChI=1S/C22H24BN2O2/c1-21(2,26-5)22(3,4)27-23-18-9-10-20-17(14-18)11-12-25(20)19-8-6-7-16(13-19)15-24/h6-14H,1-5H3. The van der Waals surface area contributed by atoms with Gasteiger partial charge in [-0.05, 0) is 63.4 Å². The number of fused-ring (bicyclic) bond motifs is 1. The summed E-state index contributed by atoms with van der Waals surface area (Å²) in [5.74, 6) is 0. The van der Waals surface area contributed by atoms with Gasteiger partial charge in [-0.3, -0.25) is 0 Å². The van der Waals surface area contributed by atoms with Gasteiger partial charge in [-0.1, -0.05) is 23.7 Å². The van der Waals surface area contributed by atoms with Gasteiger partial charge in [-0.25, -0.2) is 0 Å². The van der Waals surface area contributed by atoms with E-state index >= 15 is 0 Å². The Labute approximate surface area is 161 Å². The Morgan fingerprint density at radius 2 is 1.78 bits per heavy atom. The van der Waals surface area contributed by atoms with Crippen LogP contribution in [-0.4, -0.2) is 30.4 Å². The van der Waals surface area contributed by atoms with Gasteiger partial charge < -0.3 is 14.0 Å². The van der Waals surface area contributed by atoms with Gasteiger partial charge in [0.15, 0.2) is 0 Å². The van der Waals surface area contributed by atoms with Crippen molar-refractivity contribution in [1.29, 1.82) is 5.26 Å². The summed E-state index contributed by atoms with van der Waals surface area (Å²) in [6.45, 7) is 8.06. The summed E-state index contributed by atoms with van der Waals surface area (Å²) in [7, 11) is 3.48. The first kappa shape index (κ1) is 19.2. The molecule has 27 heavy (non-hydrogen) atoms. The average Bonchev–Trinajstić information content (AvgIpc) is 3.09. The van der Waals surface area contributed by atoms with Gasteiger partial charge in [0.2, 0.25) is 0 Å². The second-order valence-electron chi connectivity index (χ2n) is 7.63. The maximum atomic E-state index is 9.12. The molecule has 4 nitrogen and oxygen atoms in total. The van der Waals surface area contributed by atoms with Crippen LogP contribution < -0.4 is 5.46 Å². The molecule has 2 aromatic carbocycles. The third-order valence-electron chi connectivity index (χ3n) is 5.42. The molecule has 1 aromatic heterocycles. The van der Waals surface area contributed by atoms with E-state index in [1.54, 1.807) is 14.6 Å². The van der Waals surface area contributed by atoms with Crippen LogP contribution in [0.2, 0.25) is 0 Å². The fourth-order valence-electron chi connectivity index (χ4n) is 2.79. The quantitative estimate of drug-likeness (QED) is 0.626. The molecule has 0 saturated heterocycles. The summed E-state index contributed by atoms with van der Waals surface area (Å²) in [4.78, 5) is 0. The predicted molar refractivity (Wildman–Crippen MR) is 110 cm³/mol. The first-order valence-electron chi connectivity index (χ1n) is 8.95. The molecule has 1 radical (unpaired) electrons. The lowest BCUT2D eigenvalue weighted by Gasteiger charge is -2.40. The highest BCUT2D eigenvalue weighted by molar-refractivity contribution is 6.47. The molecular formula is C22H24BN2O2. The first-order valence-corrected chi connectivity index (χ1v) is 8.95. The maximum Gasteiger partial charge on any atom is 0.330 e. The average molecular weight is 359 g/mol. The van der Waals surface area contributed by atoms with Crippen molar-refractivity contribution in [2.24, 2.45) is 0 Å². The van der Waals surface area contributed by atoms with Gasteiger partial charge in [0, 0.05) is 19.0 Å². The van der Waals surface area contributed by atoms with Crippen molar-refractivity contribution in [2.75, 3.05) is 7.11 Å². The van der Waals surface area contributed by atoms with Crippen LogP contribution in [0.1, 0.15) is 33.3 Å². The zero-order chi connectivity index (χ0) is 19.7. The summed E-state index contributed by atoms with van der Waals surface area (Å²) >= 11 is 0. The van der Waals surface area contributed by atoms with E-state index in [4.69, 9.17) is 14.7 Å². The van der Waals surface area contributed by atoms with E-state index in [2.05, 4.69) is 28.8 Å². The van der Waals surface area contributed by atoms with Gasteiger partial charge >= 0.3 is 7.48 Å². The Morgan fingerprint density at radius 1 is 1.00 bits per heavy atom. The van der Waals surface area contributed by atoms with E-state index in [1.807, 2.05) is 64.2 Å². The molecule has 0 aliphatic heterocycles. The smallest absolute Gasteiger partial charge is 0.330 e. The molecule has 137 valence electrons. The van der Waals surface area contributed by atoms with Crippen LogP contribution in [0.3, 0.4) is 0 Å². The summed E-state index contributed by atoms with van der Waals surface area (Å²) in [6.07, 6.45) is 2.02. The first-order chi connectivity index (χ1) is 12.8. The van der Waals surface area contributed by atoms with Crippen LogP contribution in [0, 0.1) is 11.3 Å². The predicted octanol–water partition coefficient (Wildman–Crippen LogP) is 3.97. The summed E-state index contributed by atoms with van der Waals surface area (Å²) in [6, 6.07) is 18.0. The zero-order valence-electron chi connectivity index (χ0n) is 16.5. The number of aromatic nitrogens is 1. The lowest BCUT2D eigenvalue weighted by atomic mass is 9.82. The molecule has 0 N–H and O–H groups in total. The third-order valence-corrected chi connectivity index (χ3v) is 5.42. The minimum Gasteiger partial charge on any atom is -0.427 e. The van der Waals surface area contributed by atoms with E-state index < -0.39 is 11.2 Å². The molecule has 0 atom stereocenters. The largest absolute Gasteiger partial charge is 0.427 e. The lowest BCUT2D eigenvalue weighted by Crippen LogP contribution is -2.50. The van der Waals surface area contributed by atoms with Gasteiger partial charge in [0.25, 0.3) is 0 Å². The van der Waals surface area contributed by atoms with E-state index in [-0.39, 0.29) is 0 Å². The molecule has 3 aromatic rings. The summed E-state index contributed by atoms with van der Waals surface area (Å²) in [5.41, 5.74) is 2.81. The molecule has 3 rings (SSSR count). The van der Waals surface area contributed by atoms with Crippen LogP contribution in [-0.2, 0) is 9.39 Å². The van der Waals surface area contributed by atoms with Crippen LogP contribution in [0.5, 0.6) is 0 Å². The van der Waals surface area contributed by atoms with Crippen LogP contribution in [0.4, 0.5) is 0 Å². The van der Waals surface area contributed by atoms with E-state index in [9.17, 15) is 0 Å². The fraction of sp³-hybridized carbons (Fsp3) is 0.318. The molecule has 0 fully saturated rings. The molecule has 5 heteroatoms. The Morgan fingerprint density at radius 3 is 2.48 bits per heavy atom. The third kappa shape index (κ3) is 3.78. The SMILES string of the molecule is COC(C)(C)C(C)(C)O[B]c1ccc2c(ccn2-c2cccc(C#N)c2)c1. The minimum absolute atomic E-state index is 0.414. The van der Waals surface area contributed by atoms with E-state index in [0.717, 1.165) is 22.1 Å². The van der Waals surface area contributed by atoms with Crippen molar-refractivity contribution in [3.05, 3.63) is 60.3 Å². The van der Waals surface area contributed by atoms with E-state index in [0.29, 0.717) is 5.56 Å². The number of methoxy groups -OCH3 is 1. The number of nitrogens with zero attached hydrogens (tertiary/aromatic N) is 2. The lowest BCUT2D eigenvalue weighted by molar-refractivity contribution is -0.114. The van der Waals surface area contributed by atoms with Crippen molar-refractivity contribution in [2.45, 2.75) is 38.9 Å². The Bertz CT molecular complexity index is 999. The zero-order valence-corrected chi connectivity index (χ0v) is 16.5. The topological polar surface area (TPSA) is 47.2 Å². The van der Waals surface area contributed by atoms with Gasteiger partial charge in [-0.2, -0.15) is 5.26 Å². The van der Waals surface area contributed by atoms with Crippen molar-refractivity contribution >= 4 is 23.8 Å². The molecular weight excluding hydrogens is 335 g/mol. The van der Waals surface area contributed by atoms with Gasteiger partial charge in [0.1, 0.15) is 0 Å². The van der Waals surface area contributed by atoms with Gasteiger partial charge in [-0.15, -0.1) is 0 Å². The summed E-state index contributed by atoms with van der Waals surface area (Å²) in [5, 5.41) is 10.2. The second kappa shape index (κ2) is 7.23. The van der Waals surface area contributed by atoms with Crippen LogP contribution in [0.15, 0.2) is 54.7 Å². The highest BCUT2D eigenvalue weighted by Gasteiger charge is 2.37. The molecule has 0 aliphatic carbocycles. The minimum atomic E-state index is -0.472. The van der Waals surface area contributed by atoms with Crippen LogP contribution >= 0.6 is 0 Å². The highest BCUT2D eigenvalue weighted by atomic mass is 16.5. The van der Waals surface area contributed by atoms with Crippen molar-refractivity contribution < 1.29 is 9.39 Å². The van der Waals surface area contributed by atoms with Crippen molar-refractivity contribution in [1.82, 2.24) is 4.57 Å². The summed E-state index contributed by atoms with van der Waals surface area (Å²) < 4.78 is 13.7. The van der Waals surface area contributed by atoms with E-state index in [1.165, 1.54) is 0 Å². The number of hydrogen-bond donors (Lipinski definition) is 0. The molecule has 0 spiro atoms. The number of hydrogen-bond acceptors (Lipinski definition) is 3. The Kier molecular flexibility index (Phi) is 5.14. The van der Waals surface area contributed by atoms with Crippen molar-refractivity contribution in [3.8, 4) is 11.8 Å². The normalized spacial score (nSPS) is 12.1. The number of benzene rings is 2. The fourth-order valence-corrected chi connectivity index (χ4v) is 2.79. The van der Waals surface area contributed by atoms with Crippen LogP contribution in [0.25, 0.3) is 16.6 Å². The van der Waals surface area contributed by atoms with Crippen molar-refractivity contribution in [3.63, 3.8) is 0 Å². The molecule has 0 saturated carbocycles. The highest BCUT2D eigenvalue weighted by Crippen LogP contribution is 2.28.